The third kappa shape index (κ3) is 10.4. The van der Waals surface area contributed by atoms with Crippen LogP contribution in [0.4, 0.5) is 5.82 Å². The molecule has 0 bridgehead atoms. The summed E-state index contributed by atoms with van der Waals surface area (Å²) in [7, 11) is 0. The Kier molecular flexibility index (Phi) is 15.8. The zero-order chi connectivity index (χ0) is 38.6. The van der Waals surface area contributed by atoms with Gasteiger partial charge in [0.2, 0.25) is 0 Å². The van der Waals surface area contributed by atoms with Gasteiger partial charge < -0.3 is 36.5 Å². The smallest absolute Gasteiger partial charge is 0.342 e. The summed E-state index contributed by atoms with van der Waals surface area (Å²) < 4.78 is 12.5. The molecule has 3 aliphatic rings. The number of benzene rings is 2. The zero-order valence-electron chi connectivity index (χ0n) is 33.0. The Bertz CT molecular complexity index is 1880. The number of allylic oxidation sites excluding steroid dienone is 1. The summed E-state index contributed by atoms with van der Waals surface area (Å²) in [4.78, 5) is 46.4. The number of rotatable bonds is 7. The molecule has 12 heteroatoms. The maximum atomic E-state index is 14.0. The van der Waals surface area contributed by atoms with Crippen molar-refractivity contribution in [3.05, 3.63) is 88.8 Å². The molecule has 1 aliphatic heterocycles. The van der Waals surface area contributed by atoms with Crippen molar-refractivity contribution in [1.29, 1.82) is 0 Å². The van der Waals surface area contributed by atoms with Crippen molar-refractivity contribution >= 4 is 41.2 Å². The van der Waals surface area contributed by atoms with Gasteiger partial charge in [-0.1, -0.05) is 108 Å². The number of nitrogens with zero attached hydrogens (tertiary/aromatic N) is 2. The molecule has 11 nitrogen and oxygen atoms in total. The van der Waals surface area contributed by atoms with E-state index in [1.54, 1.807) is 6.08 Å². The predicted molar refractivity (Wildman–Crippen MR) is 212 cm³/mol. The van der Waals surface area contributed by atoms with Gasteiger partial charge in [0.25, 0.3) is 5.97 Å². The molecule has 1 aromatic heterocycles. The molecule has 0 radical (unpaired) electrons. The van der Waals surface area contributed by atoms with E-state index in [-0.39, 0.29) is 83.6 Å². The van der Waals surface area contributed by atoms with Crippen molar-refractivity contribution in [1.82, 2.24) is 4.98 Å². The van der Waals surface area contributed by atoms with Crippen LogP contribution in [0.5, 0.6) is 0 Å². The number of aromatic nitrogens is 1. The summed E-state index contributed by atoms with van der Waals surface area (Å²) >= 11 is 0. The second-order valence-electron chi connectivity index (χ2n) is 15.5. The quantitative estimate of drug-likeness (QED) is 0.164. The van der Waals surface area contributed by atoms with Crippen LogP contribution in [0.3, 0.4) is 0 Å². The van der Waals surface area contributed by atoms with E-state index < -0.39 is 17.9 Å². The van der Waals surface area contributed by atoms with Crippen LogP contribution in [-0.4, -0.2) is 46.5 Å². The fraction of sp³-hybridized carbons (Fsp3) is 0.442. The topological polar surface area (TPSA) is 200 Å². The van der Waals surface area contributed by atoms with E-state index >= 15 is 0 Å². The Balaban J connectivity index is 0.00000129. The summed E-state index contributed by atoms with van der Waals surface area (Å²) in [5, 5.41) is 7.42. The van der Waals surface area contributed by atoms with Crippen LogP contribution in [0, 0.1) is 35.5 Å². The zero-order valence-corrected chi connectivity index (χ0v) is 36.0. The first-order chi connectivity index (χ1) is 25.2. The third-order valence-electron chi connectivity index (χ3n) is 10.6. The Morgan fingerprint density at radius 1 is 0.745 bits per heavy atom. The standard InChI is InChI=1S/C41H50N4O4.C2H4O2.H2O.Zn/c1-22-17-24(3)36(25(4)18-22)48-40(46)34-32(28-13-9-7-10-14-28)30(44-38(34)42)21-31-33(29-15-11-8-12-16-29)35(39(43)45-31)41(47)49-37-26(5)19-23(2)20-27(37)6;1-2(3)4;;/h7-16,21-27,36-37H,17-20H2,1-6H3,(H5,42,43,44,45,46,47);1H3,(H,3,4);1H2;/p-1. The van der Waals surface area contributed by atoms with Crippen LogP contribution in [-0.2, 0) is 38.5 Å². The van der Waals surface area contributed by atoms with Crippen LogP contribution in [0.15, 0.2) is 76.9 Å². The van der Waals surface area contributed by atoms with E-state index in [1.165, 1.54) is 0 Å². The average molecular weight is 805 g/mol. The van der Waals surface area contributed by atoms with Crippen LogP contribution in [0.1, 0.15) is 95.8 Å². The molecule has 7 N–H and O–H groups in total. The summed E-state index contributed by atoms with van der Waals surface area (Å²) in [5.41, 5.74) is 17.1. The van der Waals surface area contributed by atoms with Crippen LogP contribution in [0.25, 0.3) is 22.8 Å². The fourth-order valence-corrected chi connectivity index (χ4v) is 8.76. The summed E-state index contributed by atoms with van der Waals surface area (Å²) in [5.74, 6) is 0.403. The summed E-state index contributed by atoms with van der Waals surface area (Å²) in [6, 6.07) is 19.1. The van der Waals surface area contributed by atoms with Crippen molar-refractivity contribution in [2.45, 2.75) is 86.4 Å². The summed E-state index contributed by atoms with van der Waals surface area (Å²) in [6.45, 7) is 14.1. The van der Waals surface area contributed by atoms with E-state index in [4.69, 9.17) is 40.8 Å². The van der Waals surface area contributed by atoms with Crippen LogP contribution >= 0.6 is 0 Å². The molecule has 3 aromatic rings. The van der Waals surface area contributed by atoms with Gasteiger partial charge in [-0.15, -0.1) is 0 Å². The number of aliphatic carboxylic acids is 1. The van der Waals surface area contributed by atoms with Gasteiger partial charge in [-0.25, -0.2) is 14.6 Å². The van der Waals surface area contributed by atoms with E-state index in [0.717, 1.165) is 43.7 Å². The second-order valence-corrected chi connectivity index (χ2v) is 15.5. The molecule has 4 atom stereocenters. The normalized spacial score (nSPS) is 26.7. The van der Waals surface area contributed by atoms with Gasteiger partial charge >= 0.3 is 11.9 Å². The molecule has 2 aromatic carbocycles. The first-order valence-corrected chi connectivity index (χ1v) is 18.6. The van der Waals surface area contributed by atoms with E-state index in [2.05, 4.69) is 41.5 Å². The molecule has 4 unspecified atom stereocenters. The average Bonchev–Trinajstić information content (AvgIpc) is 3.59. The Morgan fingerprint density at radius 2 is 1.16 bits per heavy atom. The molecule has 55 heavy (non-hydrogen) atoms. The van der Waals surface area contributed by atoms with Gasteiger partial charge in [-0.3, -0.25) is 4.79 Å². The van der Waals surface area contributed by atoms with Gasteiger partial charge in [0.05, 0.1) is 11.3 Å². The Morgan fingerprint density at radius 3 is 1.62 bits per heavy atom. The number of esters is 2. The first kappa shape index (κ1) is 44.9. The van der Waals surface area contributed by atoms with Gasteiger partial charge in [0.15, 0.2) is 0 Å². The van der Waals surface area contributed by atoms with E-state index in [9.17, 15) is 9.59 Å². The van der Waals surface area contributed by atoms with Gasteiger partial charge in [0.1, 0.15) is 23.6 Å². The monoisotopic (exact) mass is 803 g/mol. The predicted octanol–water partition coefficient (Wildman–Crippen LogP) is 7.16. The maximum Gasteiger partial charge on any atom is 0.342 e. The second kappa shape index (κ2) is 19.4. The number of hydrogen-bond acceptors (Lipinski definition) is 8. The number of amidine groups is 1. The molecule has 0 amide bonds. The number of anilines is 1. The van der Waals surface area contributed by atoms with Crippen molar-refractivity contribution in [2.24, 2.45) is 46.2 Å². The number of aliphatic imine (C=N–C) groups is 1. The molecule has 292 valence electrons. The Labute approximate surface area is 337 Å². The number of ether oxygens (including phenoxy) is 2. The molecular weight excluding hydrogens is 750 g/mol. The molecular formula is C43H55N4O7Zn-. The molecule has 2 aliphatic carbocycles. The SMILES string of the molecule is CC(=O)O.CC1CC(C)C(OC(=O)C2=C(c3ccccc3)C(=Cc3[n-]c(N)c(C(=O)OC4C(C)CC(C)CC4C)c3-c3ccccc3)N=C2N)C(C)C1.O.[Zn]. The maximum absolute atomic E-state index is 14.0. The minimum Gasteiger partial charge on any atom is -0.494 e. The minimum atomic E-state index is -0.833. The number of nitrogen functional groups attached to an aromatic ring is 1. The van der Waals surface area contributed by atoms with Crippen molar-refractivity contribution in [2.75, 3.05) is 5.73 Å². The molecule has 2 heterocycles. The number of carbonyl (C=O) groups is 3. The number of nitrogens with two attached hydrogens (primary N) is 2. The molecule has 2 saturated carbocycles. The number of carboxylic acid groups (broad SMARTS) is 1. The molecule has 0 spiro atoms. The minimum absolute atomic E-state index is 0. The largest absolute Gasteiger partial charge is 0.494 e. The van der Waals surface area contributed by atoms with Crippen molar-refractivity contribution < 1.29 is 53.9 Å². The first-order valence-electron chi connectivity index (χ1n) is 18.6. The fourth-order valence-electron chi connectivity index (χ4n) is 8.76. The van der Waals surface area contributed by atoms with Gasteiger partial charge in [-0.05, 0) is 89.7 Å². The number of hydrogen-bond donors (Lipinski definition) is 3. The van der Waals surface area contributed by atoms with Crippen LogP contribution in [0.2, 0.25) is 0 Å². The van der Waals surface area contributed by atoms with E-state index in [1.807, 2.05) is 60.7 Å². The Hall–Kier alpha value is -4.54. The van der Waals surface area contributed by atoms with Crippen molar-refractivity contribution in [3.63, 3.8) is 0 Å². The number of carboxylic acids is 1. The molecule has 6 rings (SSSR count). The van der Waals surface area contributed by atoms with Gasteiger partial charge in [-0.2, -0.15) is 0 Å². The van der Waals surface area contributed by atoms with Crippen molar-refractivity contribution in [3.8, 4) is 11.1 Å². The summed E-state index contributed by atoms with van der Waals surface area (Å²) in [6.07, 6.45) is 5.30. The van der Waals surface area contributed by atoms with Crippen LogP contribution < -0.4 is 16.5 Å². The molecule has 0 saturated heterocycles. The molecule has 2 fully saturated rings. The number of carbonyl (C=O) groups excluding carboxylic acids is 2. The third-order valence-corrected chi connectivity index (χ3v) is 10.6. The van der Waals surface area contributed by atoms with E-state index in [0.29, 0.717) is 34.4 Å². The van der Waals surface area contributed by atoms with Gasteiger partial charge in [0, 0.05) is 32.0 Å².